The summed E-state index contributed by atoms with van der Waals surface area (Å²) < 4.78 is 44.5. The van der Waals surface area contributed by atoms with Crippen LogP contribution in [-0.4, -0.2) is 17.5 Å². The molecule has 3 rings (SSSR count). The second-order valence-electron chi connectivity index (χ2n) is 5.86. The molecule has 0 aliphatic rings. The van der Waals surface area contributed by atoms with Gasteiger partial charge in [0.2, 0.25) is 0 Å². The van der Waals surface area contributed by atoms with Gasteiger partial charge in [-0.05, 0) is 36.1 Å². The Bertz CT molecular complexity index is 861. The Morgan fingerprint density at radius 1 is 1.15 bits per heavy atom. The number of alkyl halides is 3. The van der Waals surface area contributed by atoms with E-state index in [2.05, 4.69) is 5.32 Å². The number of halogens is 3. The third-order valence-electron chi connectivity index (χ3n) is 3.92. The lowest BCUT2D eigenvalue weighted by atomic mass is 10.1. The summed E-state index contributed by atoms with van der Waals surface area (Å²) in [6.45, 7) is 0.605. The molecule has 0 radical (unpaired) electrons. The van der Waals surface area contributed by atoms with E-state index in [0.717, 1.165) is 16.5 Å². The lowest BCUT2D eigenvalue weighted by Gasteiger charge is -2.23. The van der Waals surface area contributed by atoms with Crippen LogP contribution in [0.15, 0.2) is 64.8 Å². The first kappa shape index (κ1) is 19.0. The van der Waals surface area contributed by atoms with Crippen LogP contribution in [0.5, 0.6) is 0 Å². The van der Waals surface area contributed by atoms with Crippen molar-refractivity contribution in [3.8, 4) is 0 Å². The minimum atomic E-state index is -4.55. The summed E-state index contributed by atoms with van der Waals surface area (Å²) in [5.41, 5.74) is -0.372. The number of urea groups is 1. The molecule has 0 unspecified atom stereocenters. The molecular formula is C19H17F3N2O2S. The van der Waals surface area contributed by atoms with Crippen molar-refractivity contribution in [3.05, 3.63) is 76.4 Å². The molecule has 142 valence electrons. The monoisotopic (exact) mass is 394 g/mol. The number of benzene rings is 1. The van der Waals surface area contributed by atoms with Crippen LogP contribution in [0.2, 0.25) is 0 Å². The first-order valence-corrected chi connectivity index (χ1v) is 9.07. The Hall–Kier alpha value is -2.74. The highest BCUT2D eigenvalue weighted by atomic mass is 32.1. The number of amides is 2. The molecule has 1 N–H and O–H groups in total. The number of hydrogen-bond acceptors (Lipinski definition) is 3. The SMILES string of the molecule is O=C(Nc1ccccc1C(F)(F)F)N(CCc1cccs1)Cc1ccoc1. The van der Waals surface area contributed by atoms with Crippen LogP contribution in [0.4, 0.5) is 23.7 Å². The molecule has 3 aromatic rings. The van der Waals surface area contributed by atoms with E-state index in [-0.39, 0.29) is 12.2 Å². The number of para-hydroxylation sites is 1. The number of anilines is 1. The first-order valence-electron chi connectivity index (χ1n) is 8.19. The van der Waals surface area contributed by atoms with Crippen molar-refractivity contribution in [1.82, 2.24) is 4.90 Å². The van der Waals surface area contributed by atoms with Crippen molar-refractivity contribution in [2.75, 3.05) is 11.9 Å². The number of hydrogen-bond donors (Lipinski definition) is 1. The summed E-state index contributed by atoms with van der Waals surface area (Å²) in [5, 5.41) is 4.34. The summed E-state index contributed by atoms with van der Waals surface area (Å²) in [7, 11) is 0. The smallest absolute Gasteiger partial charge is 0.418 e. The van der Waals surface area contributed by atoms with Gasteiger partial charge in [0, 0.05) is 17.0 Å². The van der Waals surface area contributed by atoms with Crippen molar-refractivity contribution in [2.45, 2.75) is 19.1 Å². The molecule has 2 aromatic heterocycles. The predicted molar refractivity (Wildman–Crippen MR) is 97.6 cm³/mol. The largest absolute Gasteiger partial charge is 0.472 e. The molecule has 0 spiro atoms. The Morgan fingerprint density at radius 2 is 1.96 bits per heavy atom. The first-order chi connectivity index (χ1) is 12.9. The molecule has 27 heavy (non-hydrogen) atoms. The second-order valence-corrected chi connectivity index (χ2v) is 6.89. The summed E-state index contributed by atoms with van der Waals surface area (Å²) in [5.74, 6) is 0. The van der Waals surface area contributed by atoms with E-state index in [1.807, 2.05) is 17.5 Å². The Labute approximate surface area is 158 Å². The van der Waals surface area contributed by atoms with Crippen molar-refractivity contribution in [3.63, 3.8) is 0 Å². The van der Waals surface area contributed by atoms with Crippen LogP contribution >= 0.6 is 11.3 Å². The molecule has 0 atom stereocenters. The highest BCUT2D eigenvalue weighted by Crippen LogP contribution is 2.34. The highest BCUT2D eigenvalue weighted by molar-refractivity contribution is 7.09. The molecule has 0 aliphatic heterocycles. The quantitative estimate of drug-likeness (QED) is 0.588. The van der Waals surface area contributed by atoms with Crippen LogP contribution in [0, 0.1) is 0 Å². The maximum absolute atomic E-state index is 13.2. The van der Waals surface area contributed by atoms with Gasteiger partial charge in [0.05, 0.1) is 30.3 Å². The fourth-order valence-corrected chi connectivity index (χ4v) is 3.29. The van der Waals surface area contributed by atoms with Gasteiger partial charge >= 0.3 is 12.2 Å². The number of furan rings is 1. The zero-order valence-electron chi connectivity index (χ0n) is 14.2. The molecule has 0 bridgehead atoms. The van der Waals surface area contributed by atoms with Crippen LogP contribution in [0.25, 0.3) is 0 Å². The zero-order chi connectivity index (χ0) is 19.3. The van der Waals surface area contributed by atoms with Crippen molar-refractivity contribution >= 4 is 23.1 Å². The standard InChI is InChI=1S/C19H17F3N2O2S/c20-19(21,22)16-5-1-2-6-17(16)23-18(25)24(12-14-8-10-26-13-14)9-7-15-4-3-11-27-15/h1-6,8,10-11,13H,7,9,12H2,(H,23,25). The van der Waals surface area contributed by atoms with Crippen LogP contribution < -0.4 is 5.32 Å². The zero-order valence-corrected chi connectivity index (χ0v) is 15.0. The molecule has 8 heteroatoms. The maximum atomic E-state index is 13.2. The van der Waals surface area contributed by atoms with Gasteiger partial charge in [0.25, 0.3) is 0 Å². The van der Waals surface area contributed by atoms with E-state index in [1.54, 1.807) is 17.4 Å². The van der Waals surface area contributed by atoms with Crippen molar-refractivity contribution in [2.24, 2.45) is 0 Å². The highest BCUT2D eigenvalue weighted by Gasteiger charge is 2.33. The number of rotatable bonds is 6. The lowest BCUT2D eigenvalue weighted by molar-refractivity contribution is -0.136. The second kappa shape index (κ2) is 8.30. The van der Waals surface area contributed by atoms with Gasteiger partial charge in [0.15, 0.2) is 0 Å². The van der Waals surface area contributed by atoms with Crippen molar-refractivity contribution in [1.29, 1.82) is 0 Å². The van der Waals surface area contributed by atoms with E-state index in [1.165, 1.54) is 35.6 Å². The Kier molecular flexibility index (Phi) is 5.85. The molecule has 0 saturated carbocycles. The number of thiophene rings is 1. The van der Waals surface area contributed by atoms with Crippen LogP contribution in [0.1, 0.15) is 16.0 Å². The van der Waals surface area contributed by atoms with Gasteiger partial charge in [-0.3, -0.25) is 0 Å². The van der Waals surface area contributed by atoms with Crippen molar-refractivity contribution < 1.29 is 22.4 Å². The van der Waals surface area contributed by atoms with E-state index >= 15 is 0 Å². The molecule has 2 amide bonds. The Morgan fingerprint density at radius 3 is 2.63 bits per heavy atom. The van der Waals surface area contributed by atoms with Gasteiger partial charge in [-0.1, -0.05) is 18.2 Å². The van der Waals surface area contributed by atoms with Gasteiger partial charge in [-0.15, -0.1) is 11.3 Å². The number of carbonyl (C=O) groups excluding carboxylic acids is 1. The fourth-order valence-electron chi connectivity index (χ4n) is 2.59. The Balaban J connectivity index is 1.76. The molecule has 0 saturated heterocycles. The number of nitrogens with zero attached hydrogens (tertiary/aromatic N) is 1. The predicted octanol–water partition coefficient (Wildman–Crippen LogP) is 5.64. The molecule has 4 nitrogen and oxygen atoms in total. The molecule has 0 fully saturated rings. The average Bonchev–Trinajstić information content (AvgIpc) is 3.32. The topological polar surface area (TPSA) is 45.5 Å². The van der Waals surface area contributed by atoms with Gasteiger partial charge in [0.1, 0.15) is 0 Å². The molecule has 2 heterocycles. The minimum Gasteiger partial charge on any atom is -0.472 e. The summed E-state index contributed by atoms with van der Waals surface area (Å²) in [6.07, 6.45) is -0.932. The van der Waals surface area contributed by atoms with Gasteiger partial charge in [-0.2, -0.15) is 13.2 Å². The average molecular weight is 394 g/mol. The summed E-state index contributed by atoms with van der Waals surface area (Å²) >= 11 is 1.57. The molecule has 0 aliphatic carbocycles. The molecule has 1 aromatic carbocycles. The summed E-state index contributed by atoms with van der Waals surface area (Å²) in [4.78, 5) is 15.3. The lowest BCUT2D eigenvalue weighted by Crippen LogP contribution is -2.36. The van der Waals surface area contributed by atoms with Gasteiger partial charge < -0.3 is 14.6 Å². The number of nitrogens with one attached hydrogen (secondary N) is 1. The van der Waals surface area contributed by atoms with Gasteiger partial charge in [-0.25, -0.2) is 4.79 Å². The van der Waals surface area contributed by atoms with Crippen LogP contribution in [-0.2, 0) is 19.1 Å². The maximum Gasteiger partial charge on any atom is 0.418 e. The molecular weight excluding hydrogens is 377 g/mol. The van der Waals surface area contributed by atoms with Crippen LogP contribution in [0.3, 0.4) is 0 Å². The van der Waals surface area contributed by atoms with E-state index < -0.39 is 17.8 Å². The fraction of sp³-hybridized carbons (Fsp3) is 0.211. The third kappa shape index (κ3) is 5.13. The van der Waals surface area contributed by atoms with E-state index in [4.69, 9.17) is 4.42 Å². The summed E-state index contributed by atoms with van der Waals surface area (Å²) in [6, 6.07) is 9.93. The number of carbonyl (C=O) groups is 1. The van der Waals surface area contributed by atoms with E-state index in [0.29, 0.717) is 13.0 Å². The minimum absolute atomic E-state index is 0.238. The van der Waals surface area contributed by atoms with E-state index in [9.17, 15) is 18.0 Å². The normalized spacial score (nSPS) is 11.4. The third-order valence-corrected chi connectivity index (χ3v) is 4.86.